The summed E-state index contributed by atoms with van der Waals surface area (Å²) < 4.78 is 20.9. The molecule has 0 N–H and O–H groups in total. The van der Waals surface area contributed by atoms with Crippen LogP contribution in [0.1, 0.15) is 46.4 Å². The standard InChI is InChI=1S/C28H26Cl4O8/c1-3-19(33)17-9-11-21(27(31)25(17)29)39-15-23(35)37-13-7-5-6-8-14-38-24(36)16-40-22-12-10-18(20(34)4-2)26(30)28(22)32/h3-4,9-12H,1-2,5-8,13-16H2. The Hall–Kier alpha value is -3.04. The van der Waals surface area contributed by atoms with E-state index in [-0.39, 0.29) is 80.7 Å². The van der Waals surface area contributed by atoms with Gasteiger partial charge in [0.1, 0.15) is 21.5 Å². The summed E-state index contributed by atoms with van der Waals surface area (Å²) in [5.41, 5.74) is 0.361. The number of carbonyl (C=O) groups is 4. The van der Waals surface area contributed by atoms with Crippen molar-refractivity contribution in [2.45, 2.75) is 25.7 Å². The van der Waals surface area contributed by atoms with Crippen LogP contribution in [-0.4, -0.2) is 49.9 Å². The zero-order valence-electron chi connectivity index (χ0n) is 21.3. The molecule has 0 spiro atoms. The van der Waals surface area contributed by atoms with Gasteiger partial charge in [-0.3, -0.25) is 9.59 Å². The molecule has 0 saturated heterocycles. The van der Waals surface area contributed by atoms with Crippen LogP contribution in [0.3, 0.4) is 0 Å². The lowest BCUT2D eigenvalue weighted by atomic mass is 10.1. The Morgan fingerprint density at radius 3 is 1.32 bits per heavy atom. The molecule has 0 aliphatic rings. The highest BCUT2D eigenvalue weighted by Crippen LogP contribution is 2.36. The minimum atomic E-state index is -0.587. The molecule has 0 atom stereocenters. The van der Waals surface area contributed by atoms with Crippen LogP contribution in [0.4, 0.5) is 0 Å². The van der Waals surface area contributed by atoms with Crippen molar-refractivity contribution in [3.8, 4) is 11.5 Å². The fourth-order valence-electron chi connectivity index (χ4n) is 3.17. The van der Waals surface area contributed by atoms with Crippen LogP contribution in [-0.2, 0) is 19.1 Å². The fraction of sp³-hybridized carbons (Fsp3) is 0.286. The predicted molar refractivity (Wildman–Crippen MR) is 153 cm³/mol. The Kier molecular flexibility index (Phi) is 14.0. The molecule has 214 valence electrons. The number of unbranched alkanes of at least 4 members (excludes halogenated alkanes) is 3. The minimum absolute atomic E-state index is 0.0119. The highest BCUT2D eigenvalue weighted by Gasteiger charge is 2.17. The number of esters is 2. The number of halogens is 4. The maximum Gasteiger partial charge on any atom is 0.344 e. The smallest absolute Gasteiger partial charge is 0.344 e. The molecule has 0 saturated carbocycles. The van der Waals surface area contributed by atoms with Crippen LogP contribution in [0, 0.1) is 0 Å². The molecule has 12 heteroatoms. The molecular formula is C28H26Cl4O8. The van der Waals surface area contributed by atoms with Crippen molar-refractivity contribution < 1.29 is 38.1 Å². The molecule has 8 nitrogen and oxygen atoms in total. The highest BCUT2D eigenvalue weighted by atomic mass is 35.5. The van der Waals surface area contributed by atoms with Gasteiger partial charge in [-0.05, 0) is 62.1 Å². The lowest BCUT2D eigenvalue weighted by Gasteiger charge is -2.11. The maximum atomic E-state index is 11.9. The van der Waals surface area contributed by atoms with Crippen molar-refractivity contribution in [2.75, 3.05) is 26.4 Å². The highest BCUT2D eigenvalue weighted by molar-refractivity contribution is 6.45. The molecule has 0 unspecified atom stereocenters. The predicted octanol–water partition coefficient (Wildman–Crippen LogP) is 7.14. The molecule has 0 aromatic heterocycles. The van der Waals surface area contributed by atoms with E-state index in [1.165, 1.54) is 24.3 Å². The quantitative estimate of drug-likeness (QED) is 0.0785. The first-order valence-corrected chi connectivity index (χ1v) is 13.5. The second-order valence-corrected chi connectivity index (χ2v) is 9.56. The van der Waals surface area contributed by atoms with Gasteiger partial charge in [0.15, 0.2) is 24.8 Å². The third-order valence-electron chi connectivity index (χ3n) is 5.25. The van der Waals surface area contributed by atoms with Crippen molar-refractivity contribution in [3.63, 3.8) is 0 Å². The van der Waals surface area contributed by atoms with Gasteiger partial charge in [-0.1, -0.05) is 59.6 Å². The average Bonchev–Trinajstić information content (AvgIpc) is 2.95. The molecule has 0 bridgehead atoms. The Labute approximate surface area is 251 Å². The molecule has 0 amide bonds. The summed E-state index contributed by atoms with van der Waals surface area (Å²) in [6.07, 6.45) is 4.93. The summed E-state index contributed by atoms with van der Waals surface area (Å²) >= 11 is 24.4. The summed E-state index contributed by atoms with van der Waals surface area (Å²) in [7, 11) is 0. The molecule has 2 aromatic carbocycles. The topological polar surface area (TPSA) is 105 Å². The van der Waals surface area contributed by atoms with E-state index in [0.717, 1.165) is 25.0 Å². The van der Waals surface area contributed by atoms with Crippen molar-refractivity contribution >= 4 is 69.9 Å². The second kappa shape index (κ2) is 16.9. The summed E-state index contributed by atoms with van der Waals surface area (Å²) in [5, 5.41) is 0.0484. The van der Waals surface area contributed by atoms with Gasteiger partial charge in [-0.15, -0.1) is 0 Å². The Morgan fingerprint density at radius 2 is 0.975 bits per heavy atom. The number of rotatable bonds is 17. The van der Waals surface area contributed by atoms with Gasteiger partial charge in [0.2, 0.25) is 0 Å². The number of carbonyl (C=O) groups excluding carboxylic acids is 4. The van der Waals surface area contributed by atoms with Gasteiger partial charge < -0.3 is 18.9 Å². The number of hydrogen-bond donors (Lipinski definition) is 0. The summed E-state index contributed by atoms with van der Waals surface area (Å²) in [5.74, 6) is -1.65. The van der Waals surface area contributed by atoms with Crippen LogP contribution in [0.15, 0.2) is 49.6 Å². The van der Waals surface area contributed by atoms with Crippen LogP contribution in [0.25, 0.3) is 0 Å². The molecule has 40 heavy (non-hydrogen) atoms. The van der Waals surface area contributed by atoms with Gasteiger partial charge in [0.05, 0.1) is 23.3 Å². The monoisotopic (exact) mass is 630 g/mol. The fourth-order valence-corrected chi connectivity index (χ4v) is 4.11. The minimum Gasteiger partial charge on any atom is -0.480 e. The van der Waals surface area contributed by atoms with Crippen LogP contribution in [0.5, 0.6) is 11.5 Å². The van der Waals surface area contributed by atoms with E-state index in [0.29, 0.717) is 12.8 Å². The van der Waals surface area contributed by atoms with E-state index < -0.39 is 11.9 Å². The zero-order chi connectivity index (χ0) is 29.7. The summed E-state index contributed by atoms with van der Waals surface area (Å²) in [4.78, 5) is 47.3. The van der Waals surface area contributed by atoms with E-state index in [1.54, 1.807) is 0 Å². The first-order valence-electron chi connectivity index (χ1n) is 12.0. The normalized spacial score (nSPS) is 10.4. The van der Waals surface area contributed by atoms with Crippen LogP contribution >= 0.6 is 46.4 Å². The molecule has 2 rings (SSSR count). The average molecular weight is 632 g/mol. The lowest BCUT2D eigenvalue weighted by molar-refractivity contribution is -0.147. The van der Waals surface area contributed by atoms with E-state index in [2.05, 4.69) is 13.2 Å². The van der Waals surface area contributed by atoms with Crippen molar-refractivity contribution in [1.29, 1.82) is 0 Å². The van der Waals surface area contributed by atoms with Gasteiger partial charge >= 0.3 is 11.9 Å². The molecule has 2 aromatic rings. The van der Waals surface area contributed by atoms with Gasteiger partial charge in [-0.25, -0.2) is 9.59 Å². The maximum absolute atomic E-state index is 11.9. The zero-order valence-corrected chi connectivity index (χ0v) is 24.3. The number of ether oxygens (including phenoxy) is 4. The Balaban J connectivity index is 1.58. The summed E-state index contributed by atoms with van der Waals surface area (Å²) in [6, 6.07) is 5.74. The first-order chi connectivity index (χ1) is 19.1. The molecule has 0 fully saturated rings. The molecule has 0 heterocycles. The largest absolute Gasteiger partial charge is 0.480 e. The Bertz CT molecular complexity index is 1180. The van der Waals surface area contributed by atoms with Crippen molar-refractivity contribution in [2.24, 2.45) is 0 Å². The lowest BCUT2D eigenvalue weighted by Crippen LogP contribution is -2.16. The third-order valence-corrected chi connectivity index (χ3v) is 6.98. The third kappa shape index (κ3) is 9.86. The van der Waals surface area contributed by atoms with E-state index >= 15 is 0 Å². The van der Waals surface area contributed by atoms with E-state index in [4.69, 9.17) is 65.4 Å². The van der Waals surface area contributed by atoms with Crippen molar-refractivity contribution in [3.05, 3.63) is 80.8 Å². The van der Waals surface area contributed by atoms with Crippen molar-refractivity contribution in [1.82, 2.24) is 0 Å². The number of hydrogen-bond acceptors (Lipinski definition) is 8. The molecule has 0 aliphatic carbocycles. The summed E-state index contributed by atoms with van der Waals surface area (Å²) in [6.45, 7) is 6.42. The number of benzene rings is 2. The Morgan fingerprint density at radius 1 is 0.600 bits per heavy atom. The van der Waals surface area contributed by atoms with Gasteiger partial charge in [0.25, 0.3) is 0 Å². The van der Waals surface area contributed by atoms with Gasteiger partial charge in [0, 0.05) is 11.1 Å². The van der Waals surface area contributed by atoms with E-state index in [1.807, 2.05) is 0 Å². The number of allylic oxidation sites excluding steroid dienone is 2. The SMILES string of the molecule is C=CC(=O)c1ccc(OCC(=O)OCCCCCCOC(=O)COc2ccc(C(=O)C=C)c(Cl)c2Cl)c(Cl)c1Cl. The molecular weight excluding hydrogens is 606 g/mol. The second-order valence-electron chi connectivity index (χ2n) is 8.05. The van der Waals surface area contributed by atoms with Gasteiger partial charge in [-0.2, -0.15) is 0 Å². The molecule has 0 radical (unpaired) electrons. The molecule has 0 aliphatic heterocycles. The van der Waals surface area contributed by atoms with Crippen LogP contribution in [0.2, 0.25) is 20.1 Å². The number of ketones is 2. The van der Waals surface area contributed by atoms with Crippen LogP contribution < -0.4 is 9.47 Å². The van der Waals surface area contributed by atoms with E-state index in [9.17, 15) is 19.2 Å². The first kappa shape index (κ1) is 33.2.